The fraction of sp³-hybridized carbons (Fsp3) is 0.895. The van der Waals surface area contributed by atoms with Crippen LogP contribution in [0.4, 0.5) is 0 Å². The van der Waals surface area contributed by atoms with E-state index < -0.39 is 0 Å². The highest BCUT2D eigenvalue weighted by molar-refractivity contribution is 4.65. The van der Waals surface area contributed by atoms with Gasteiger partial charge in [0, 0.05) is 26.9 Å². The summed E-state index contributed by atoms with van der Waals surface area (Å²) in [5.41, 5.74) is 0. The highest BCUT2D eigenvalue weighted by atomic mass is 16.5. The van der Waals surface area contributed by atoms with Crippen LogP contribution in [0, 0.1) is 0 Å². The number of allylic oxidation sites excluding steroid dienone is 1. The molecular formula is C19H38O4. The SMILES string of the molecule is C=CCCCCCCCCCOCCCOCCOCCOC. The first-order valence-electron chi connectivity index (χ1n) is 9.25. The smallest absolute Gasteiger partial charge is 0.0701 e. The van der Waals surface area contributed by atoms with Gasteiger partial charge in [0.25, 0.3) is 0 Å². The number of hydrogen-bond donors (Lipinski definition) is 0. The number of ether oxygens (including phenoxy) is 4. The van der Waals surface area contributed by atoms with Gasteiger partial charge in [-0.05, 0) is 25.7 Å². The zero-order valence-corrected chi connectivity index (χ0v) is 15.2. The van der Waals surface area contributed by atoms with Gasteiger partial charge >= 0.3 is 0 Å². The van der Waals surface area contributed by atoms with Crippen LogP contribution in [0.3, 0.4) is 0 Å². The van der Waals surface area contributed by atoms with Crippen molar-refractivity contribution in [1.29, 1.82) is 0 Å². The van der Waals surface area contributed by atoms with E-state index in [1.165, 1.54) is 51.4 Å². The van der Waals surface area contributed by atoms with Gasteiger partial charge in [0.2, 0.25) is 0 Å². The van der Waals surface area contributed by atoms with E-state index in [1.807, 2.05) is 6.08 Å². The molecule has 4 nitrogen and oxygen atoms in total. The summed E-state index contributed by atoms with van der Waals surface area (Å²) in [6.07, 6.45) is 13.3. The first kappa shape index (κ1) is 22.6. The highest BCUT2D eigenvalue weighted by Crippen LogP contribution is 2.08. The summed E-state index contributed by atoms with van der Waals surface area (Å²) in [6.45, 7) is 8.74. The second-order valence-corrected chi connectivity index (χ2v) is 5.74. The largest absolute Gasteiger partial charge is 0.382 e. The molecule has 0 aromatic rings. The molecular weight excluding hydrogens is 292 g/mol. The molecule has 0 unspecified atom stereocenters. The van der Waals surface area contributed by atoms with E-state index in [0.29, 0.717) is 26.4 Å². The van der Waals surface area contributed by atoms with Crippen LogP contribution in [0.15, 0.2) is 12.7 Å². The number of unbranched alkanes of at least 4 members (excludes halogenated alkanes) is 7. The van der Waals surface area contributed by atoms with Crippen LogP contribution in [0.25, 0.3) is 0 Å². The van der Waals surface area contributed by atoms with Gasteiger partial charge in [-0.15, -0.1) is 6.58 Å². The maximum atomic E-state index is 5.61. The van der Waals surface area contributed by atoms with Crippen molar-refractivity contribution in [2.24, 2.45) is 0 Å². The minimum absolute atomic E-state index is 0.637. The van der Waals surface area contributed by atoms with E-state index in [2.05, 4.69) is 6.58 Å². The third-order valence-corrected chi connectivity index (χ3v) is 3.58. The maximum Gasteiger partial charge on any atom is 0.0701 e. The Morgan fingerprint density at radius 3 is 1.70 bits per heavy atom. The van der Waals surface area contributed by atoms with Crippen LogP contribution < -0.4 is 0 Å². The third-order valence-electron chi connectivity index (χ3n) is 3.58. The summed E-state index contributed by atoms with van der Waals surface area (Å²) in [7, 11) is 1.67. The number of rotatable bonds is 20. The topological polar surface area (TPSA) is 36.9 Å². The van der Waals surface area contributed by atoms with E-state index in [1.54, 1.807) is 7.11 Å². The fourth-order valence-electron chi connectivity index (χ4n) is 2.21. The molecule has 23 heavy (non-hydrogen) atoms. The van der Waals surface area contributed by atoms with Gasteiger partial charge in [0.1, 0.15) is 0 Å². The average molecular weight is 331 g/mol. The predicted molar refractivity (Wildman–Crippen MR) is 96.1 cm³/mol. The molecule has 0 fully saturated rings. The molecule has 0 rings (SSSR count). The van der Waals surface area contributed by atoms with Gasteiger partial charge in [0.15, 0.2) is 0 Å². The van der Waals surface area contributed by atoms with Crippen molar-refractivity contribution < 1.29 is 18.9 Å². The normalized spacial score (nSPS) is 11.0. The van der Waals surface area contributed by atoms with Gasteiger partial charge in [0.05, 0.1) is 26.4 Å². The molecule has 0 aromatic heterocycles. The van der Waals surface area contributed by atoms with Crippen LogP contribution in [-0.4, -0.2) is 53.4 Å². The zero-order chi connectivity index (χ0) is 16.8. The van der Waals surface area contributed by atoms with Crippen molar-refractivity contribution in [3.63, 3.8) is 0 Å². The van der Waals surface area contributed by atoms with Crippen molar-refractivity contribution >= 4 is 0 Å². The summed E-state index contributed by atoms with van der Waals surface area (Å²) >= 11 is 0. The van der Waals surface area contributed by atoms with E-state index in [-0.39, 0.29) is 0 Å². The third kappa shape index (κ3) is 21.6. The molecule has 0 atom stereocenters. The summed E-state index contributed by atoms with van der Waals surface area (Å²) < 4.78 is 21.3. The summed E-state index contributed by atoms with van der Waals surface area (Å²) in [4.78, 5) is 0. The molecule has 0 aliphatic heterocycles. The highest BCUT2D eigenvalue weighted by Gasteiger charge is 1.94. The Labute approximate surface area is 143 Å². The minimum Gasteiger partial charge on any atom is -0.382 e. The lowest BCUT2D eigenvalue weighted by atomic mass is 10.1. The fourth-order valence-corrected chi connectivity index (χ4v) is 2.21. The standard InChI is InChI=1S/C19H38O4/c1-3-4-5-6-7-8-9-10-11-13-21-14-12-15-22-18-19-23-17-16-20-2/h3H,1,4-19H2,2H3. The quantitative estimate of drug-likeness (QED) is 0.245. The number of methoxy groups -OCH3 is 1. The first-order valence-corrected chi connectivity index (χ1v) is 9.25. The molecule has 0 spiro atoms. The second-order valence-electron chi connectivity index (χ2n) is 5.74. The lowest BCUT2D eigenvalue weighted by molar-refractivity contribution is 0.0181. The first-order chi connectivity index (χ1) is 11.4. The van der Waals surface area contributed by atoms with Gasteiger partial charge in [-0.25, -0.2) is 0 Å². The summed E-state index contributed by atoms with van der Waals surface area (Å²) in [5.74, 6) is 0. The van der Waals surface area contributed by atoms with Crippen LogP contribution in [0.2, 0.25) is 0 Å². The molecule has 0 N–H and O–H groups in total. The molecule has 0 saturated carbocycles. The van der Waals surface area contributed by atoms with E-state index in [0.717, 1.165) is 26.2 Å². The van der Waals surface area contributed by atoms with Gasteiger partial charge < -0.3 is 18.9 Å². The van der Waals surface area contributed by atoms with Crippen LogP contribution >= 0.6 is 0 Å². The van der Waals surface area contributed by atoms with E-state index >= 15 is 0 Å². The van der Waals surface area contributed by atoms with Crippen molar-refractivity contribution in [2.45, 2.75) is 57.8 Å². The van der Waals surface area contributed by atoms with Gasteiger partial charge in [-0.3, -0.25) is 0 Å². The van der Waals surface area contributed by atoms with Crippen LogP contribution in [0.1, 0.15) is 57.8 Å². The van der Waals surface area contributed by atoms with Crippen LogP contribution in [-0.2, 0) is 18.9 Å². The predicted octanol–water partition coefficient (Wildman–Crippen LogP) is 4.38. The molecule has 0 aliphatic carbocycles. The molecule has 0 aliphatic rings. The molecule has 0 heterocycles. The molecule has 138 valence electrons. The Morgan fingerprint density at radius 2 is 1.04 bits per heavy atom. The Morgan fingerprint density at radius 1 is 0.565 bits per heavy atom. The lowest BCUT2D eigenvalue weighted by Gasteiger charge is -2.06. The maximum absolute atomic E-state index is 5.61. The molecule has 0 saturated heterocycles. The van der Waals surface area contributed by atoms with Crippen molar-refractivity contribution in [3.8, 4) is 0 Å². The van der Waals surface area contributed by atoms with Crippen LogP contribution in [0.5, 0.6) is 0 Å². The molecule has 0 radical (unpaired) electrons. The Bertz CT molecular complexity index is 221. The second kappa shape index (κ2) is 21.6. The molecule has 0 aromatic carbocycles. The summed E-state index contributed by atoms with van der Waals surface area (Å²) in [6, 6.07) is 0. The Kier molecular flexibility index (Phi) is 21.2. The lowest BCUT2D eigenvalue weighted by Crippen LogP contribution is -2.09. The summed E-state index contributed by atoms with van der Waals surface area (Å²) in [5, 5.41) is 0. The minimum atomic E-state index is 0.637. The van der Waals surface area contributed by atoms with Gasteiger partial charge in [-0.2, -0.15) is 0 Å². The van der Waals surface area contributed by atoms with Gasteiger partial charge in [-0.1, -0.05) is 38.2 Å². The van der Waals surface area contributed by atoms with E-state index in [4.69, 9.17) is 18.9 Å². The van der Waals surface area contributed by atoms with Crippen molar-refractivity contribution in [1.82, 2.24) is 0 Å². The zero-order valence-electron chi connectivity index (χ0n) is 15.2. The van der Waals surface area contributed by atoms with E-state index in [9.17, 15) is 0 Å². The average Bonchev–Trinajstić information content (AvgIpc) is 2.57. The van der Waals surface area contributed by atoms with Crippen molar-refractivity contribution in [3.05, 3.63) is 12.7 Å². The Balaban J connectivity index is 2.93. The number of hydrogen-bond acceptors (Lipinski definition) is 4. The molecule has 0 bridgehead atoms. The molecule has 4 heteroatoms. The van der Waals surface area contributed by atoms with Crippen molar-refractivity contribution in [2.75, 3.05) is 53.4 Å². The monoisotopic (exact) mass is 330 g/mol. The molecule has 0 amide bonds. The Hall–Kier alpha value is -0.420.